The molecule has 1 amide bonds. The highest BCUT2D eigenvalue weighted by Gasteiger charge is 2.08. The molecule has 29 heavy (non-hydrogen) atoms. The van der Waals surface area contributed by atoms with Crippen molar-refractivity contribution in [1.82, 2.24) is 16.0 Å². The number of hydrogen-bond donors (Lipinski definition) is 3. The van der Waals surface area contributed by atoms with Crippen LogP contribution in [0.5, 0.6) is 0 Å². The quantitative estimate of drug-likeness (QED) is 0.270. The summed E-state index contributed by atoms with van der Waals surface area (Å²) in [6.07, 6.45) is 1.78. The molecule has 1 atom stereocenters. The third kappa shape index (κ3) is 9.04. The van der Waals surface area contributed by atoms with Gasteiger partial charge in [0.2, 0.25) is 0 Å². The second-order valence-electron chi connectivity index (χ2n) is 6.71. The summed E-state index contributed by atoms with van der Waals surface area (Å²) >= 11 is 6.01. The maximum atomic E-state index is 12.1. The lowest BCUT2D eigenvalue weighted by molar-refractivity contribution is 0.0939. The van der Waals surface area contributed by atoms with Crippen LogP contribution >= 0.6 is 35.6 Å². The van der Waals surface area contributed by atoms with E-state index in [1.54, 1.807) is 7.05 Å². The Bertz CT molecular complexity index is 796. The van der Waals surface area contributed by atoms with Gasteiger partial charge in [-0.3, -0.25) is 9.79 Å². The highest BCUT2D eigenvalue weighted by atomic mass is 127. The Hall–Kier alpha value is -1.80. The summed E-state index contributed by atoms with van der Waals surface area (Å²) in [5.74, 6) is 0.702. The Morgan fingerprint density at radius 3 is 2.45 bits per heavy atom. The van der Waals surface area contributed by atoms with Gasteiger partial charge in [0.05, 0.1) is 0 Å². The normalized spacial score (nSPS) is 11.9. The first-order valence-corrected chi connectivity index (χ1v) is 9.98. The van der Waals surface area contributed by atoms with E-state index < -0.39 is 0 Å². The molecular weight excluding hydrogens is 499 g/mol. The third-order valence-electron chi connectivity index (χ3n) is 4.48. The molecule has 3 N–H and O–H groups in total. The molecule has 0 spiro atoms. The van der Waals surface area contributed by atoms with Gasteiger partial charge >= 0.3 is 0 Å². The highest BCUT2D eigenvalue weighted by Crippen LogP contribution is 2.10. The van der Waals surface area contributed by atoms with E-state index in [-0.39, 0.29) is 35.9 Å². The van der Waals surface area contributed by atoms with E-state index in [1.807, 2.05) is 49.4 Å². The van der Waals surface area contributed by atoms with Crippen molar-refractivity contribution in [2.45, 2.75) is 39.3 Å². The number of halogens is 2. The molecule has 0 aromatic heterocycles. The number of rotatable bonds is 8. The number of carbonyl (C=O) groups excluding carboxylic acids is 1. The third-order valence-corrected chi connectivity index (χ3v) is 4.72. The summed E-state index contributed by atoms with van der Waals surface area (Å²) in [4.78, 5) is 16.4. The van der Waals surface area contributed by atoms with E-state index in [2.05, 4.69) is 33.9 Å². The lowest BCUT2D eigenvalue weighted by Crippen LogP contribution is -2.37. The van der Waals surface area contributed by atoms with Crippen molar-refractivity contribution in [3.63, 3.8) is 0 Å². The zero-order chi connectivity index (χ0) is 20.4. The fourth-order valence-electron chi connectivity index (χ4n) is 2.61. The predicted molar refractivity (Wildman–Crippen MR) is 132 cm³/mol. The maximum absolute atomic E-state index is 12.1. The molecule has 1 unspecified atom stereocenters. The molecule has 7 heteroatoms. The summed E-state index contributed by atoms with van der Waals surface area (Å²) in [5, 5.41) is 10.3. The number of carbonyl (C=O) groups is 1. The van der Waals surface area contributed by atoms with Crippen LogP contribution in [0.3, 0.4) is 0 Å². The van der Waals surface area contributed by atoms with E-state index in [0.717, 1.165) is 35.9 Å². The molecule has 0 heterocycles. The molecule has 0 saturated carbocycles. The monoisotopic (exact) mass is 528 g/mol. The summed E-state index contributed by atoms with van der Waals surface area (Å²) < 4.78 is 0. The molecular formula is C22H30ClIN4O. The van der Waals surface area contributed by atoms with Gasteiger partial charge < -0.3 is 16.0 Å². The summed E-state index contributed by atoms with van der Waals surface area (Å²) in [5.41, 5.74) is 2.94. The maximum Gasteiger partial charge on any atom is 0.251 e. The molecule has 0 aliphatic carbocycles. The molecule has 0 aliphatic rings. The lowest BCUT2D eigenvalue weighted by atomic mass is 10.1. The minimum absolute atomic E-state index is 0. The van der Waals surface area contributed by atoms with Gasteiger partial charge in [-0.1, -0.05) is 42.8 Å². The smallest absolute Gasteiger partial charge is 0.251 e. The average molecular weight is 529 g/mol. The molecule has 0 radical (unpaired) electrons. The number of hydrogen-bond acceptors (Lipinski definition) is 2. The minimum atomic E-state index is -0.0349. The van der Waals surface area contributed by atoms with Gasteiger partial charge in [-0.2, -0.15) is 0 Å². The molecule has 0 saturated heterocycles. The van der Waals surface area contributed by atoms with E-state index >= 15 is 0 Å². The average Bonchev–Trinajstić information content (AvgIpc) is 2.70. The van der Waals surface area contributed by atoms with Crippen LogP contribution in [0.25, 0.3) is 0 Å². The van der Waals surface area contributed by atoms with Crippen LogP contribution in [-0.4, -0.2) is 31.5 Å². The van der Waals surface area contributed by atoms with Gasteiger partial charge in [0.15, 0.2) is 5.96 Å². The van der Waals surface area contributed by atoms with Crippen LogP contribution in [-0.2, 0) is 13.0 Å². The Labute approximate surface area is 195 Å². The second kappa shape index (κ2) is 13.4. The molecule has 2 rings (SSSR count). The standard InChI is InChI=1S/C22H29ClN4O.HI/c1-4-16(2)27-21(28)19-10-8-18(9-11-19)15-26-22(24-3)25-13-12-17-6-5-7-20(23)14-17;/h5-11,14,16H,4,12-13,15H2,1-3H3,(H,27,28)(H2,24,25,26);1H. The molecule has 2 aromatic carbocycles. The number of nitrogens with one attached hydrogen (secondary N) is 3. The van der Waals surface area contributed by atoms with Gasteiger partial charge in [-0.05, 0) is 55.2 Å². The topological polar surface area (TPSA) is 65.5 Å². The largest absolute Gasteiger partial charge is 0.356 e. The van der Waals surface area contributed by atoms with Crippen molar-refractivity contribution < 1.29 is 4.79 Å². The number of benzene rings is 2. The summed E-state index contributed by atoms with van der Waals surface area (Å²) in [6, 6.07) is 15.6. The van der Waals surface area contributed by atoms with Crippen LogP contribution in [0.1, 0.15) is 41.8 Å². The van der Waals surface area contributed by atoms with Crippen LogP contribution < -0.4 is 16.0 Å². The molecule has 5 nitrogen and oxygen atoms in total. The molecule has 0 fully saturated rings. The van der Waals surface area contributed by atoms with Crippen LogP contribution in [0.2, 0.25) is 5.02 Å². The number of guanidine groups is 1. The van der Waals surface area contributed by atoms with E-state index in [9.17, 15) is 4.79 Å². The van der Waals surface area contributed by atoms with Crippen molar-refractivity contribution in [1.29, 1.82) is 0 Å². The van der Waals surface area contributed by atoms with Crippen LogP contribution in [0, 0.1) is 0 Å². The van der Waals surface area contributed by atoms with Gasteiger partial charge in [0.1, 0.15) is 0 Å². The SMILES string of the molecule is CCC(C)NC(=O)c1ccc(CNC(=NC)NCCc2cccc(Cl)c2)cc1.I. The molecule has 158 valence electrons. The first-order chi connectivity index (χ1) is 13.5. The summed E-state index contributed by atoms with van der Waals surface area (Å²) in [7, 11) is 1.75. The van der Waals surface area contributed by atoms with Gasteiger partial charge in [-0.25, -0.2) is 0 Å². The van der Waals surface area contributed by atoms with Crippen molar-refractivity contribution in [3.05, 3.63) is 70.2 Å². The first kappa shape index (κ1) is 25.2. The fourth-order valence-corrected chi connectivity index (χ4v) is 2.82. The van der Waals surface area contributed by atoms with E-state index in [0.29, 0.717) is 12.1 Å². The molecule has 0 aliphatic heterocycles. The molecule has 0 bridgehead atoms. The van der Waals surface area contributed by atoms with Crippen molar-refractivity contribution in [2.24, 2.45) is 4.99 Å². The zero-order valence-electron chi connectivity index (χ0n) is 17.2. The number of aliphatic imine (C=N–C) groups is 1. The fraction of sp³-hybridized carbons (Fsp3) is 0.364. The second-order valence-corrected chi connectivity index (χ2v) is 7.15. The zero-order valence-corrected chi connectivity index (χ0v) is 20.3. The van der Waals surface area contributed by atoms with Gasteiger partial charge in [0.25, 0.3) is 5.91 Å². The summed E-state index contributed by atoms with van der Waals surface area (Å²) in [6.45, 7) is 5.44. The van der Waals surface area contributed by atoms with Crippen LogP contribution in [0.4, 0.5) is 0 Å². The van der Waals surface area contributed by atoms with Crippen molar-refractivity contribution in [2.75, 3.05) is 13.6 Å². The lowest BCUT2D eigenvalue weighted by Gasteiger charge is -2.13. The Morgan fingerprint density at radius 2 is 1.83 bits per heavy atom. The first-order valence-electron chi connectivity index (χ1n) is 9.60. The Balaban J connectivity index is 0.00000420. The van der Waals surface area contributed by atoms with Crippen molar-refractivity contribution in [3.8, 4) is 0 Å². The van der Waals surface area contributed by atoms with E-state index in [4.69, 9.17) is 11.6 Å². The van der Waals surface area contributed by atoms with Gasteiger partial charge in [-0.15, -0.1) is 24.0 Å². The highest BCUT2D eigenvalue weighted by molar-refractivity contribution is 14.0. The predicted octanol–water partition coefficient (Wildman–Crippen LogP) is 4.39. The Kier molecular flexibility index (Phi) is 11.7. The van der Waals surface area contributed by atoms with Crippen LogP contribution in [0.15, 0.2) is 53.5 Å². The number of amides is 1. The number of nitrogens with zero attached hydrogens (tertiary/aromatic N) is 1. The minimum Gasteiger partial charge on any atom is -0.356 e. The van der Waals surface area contributed by atoms with E-state index in [1.165, 1.54) is 5.56 Å². The molecule has 2 aromatic rings. The van der Waals surface area contributed by atoms with Gasteiger partial charge in [0, 0.05) is 36.8 Å². The van der Waals surface area contributed by atoms with Crippen molar-refractivity contribution >= 4 is 47.4 Å². The Morgan fingerprint density at radius 1 is 1.10 bits per heavy atom.